The second-order valence-electron chi connectivity index (χ2n) is 4.98. The van der Waals surface area contributed by atoms with Crippen LogP contribution < -0.4 is 0 Å². The number of carbonyl (C=O) groups excluding carboxylic acids is 1. The molecule has 3 aromatic carbocycles. The lowest BCUT2D eigenvalue weighted by atomic mass is 9.89. The highest BCUT2D eigenvalue weighted by Gasteiger charge is 2.19. The molecule has 1 aliphatic carbocycles. The monoisotopic (exact) mass is 257 g/mol. The van der Waals surface area contributed by atoms with E-state index in [4.69, 9.17) is 5.41 Å². The molecule has 94 valence electrons. The normalized spacial score (nSPS) is 14.0. The van der Waals surface area contributed by atoms with Crippen LogP contribution in [0, 0.1) is 5.41 Å². The molecule has 1 aliphatic rings. The van der Waals surface area contributed by atoms with Crippen molar-refractivity contribution < 1.29 is 4.79 Å². The summed E-state index contributed by atoms with van der Waals surface area (Å²) in [4.78, 5) is 11.6. The van der Waals surface area contributed by atoms with Gasteiger partial charge in [0.1, 0.15) is 5.71 Å². The second-order valence-corrected chi connectivity index (χ2v) is 4.98. The SMILES string of the molecule is N=C1C(=O)C=Cc2c1ccc1c2ccc2ccccc21. The summed E-state index contributed by atoms with van der Waals surface area (Å²) in [5.74, 6) is -0.224. The standard InChI is InChI=1S/C18H11NO/c19-18-16-8-7-13-12-4-2-1-3-11(12)5-6-14(13)15(16)9-10-17(18)20/h1-10,19H. The van der Waals surface area contributed by atoms with E-state index in [1.165, 1.54) is 16.8 Å². The van der Waals surface area contributed by atoms with E-state index in [2.05, 4.69) is 24.3 Å². The molecule has 2 nitrogen and oxygen atoms in total. The van der Waals surface area contributed by atoms with Crippen LogP contribution in [0.15, 0.2) is 54.6 Å². The smallest absolute Gasteiger partial charge is 0.204 e. The first kappa shape index (κ1) is 11.1. The van der Waals surface area contributed by atoms with E-state index in [-0.39, 0.29) is 11.5 Å². The summed E-state index contributed by atoms with van der Waals surface area (Å²) >= 11 is 0. The van der Waals surface area contributed by atoms with Crippen LogP contribution >= 0.6 is 0 Å². The van der Waals surface area contributed by atoms with E-state index in [0.717, 1.165) is 21.9 Å². The second kappa shape index (κ2) is 3.87. The third-order valence-corrected chi connectivity index (χ3v) is 3.88. The van der Waals surface area contributed by atoms with Crippen LogP contribution in [0.1, 0.15) is 11.1 Å². The Kier molecular flexibility index (Phi) is 2.15. The fourth-order valence-electron chi connectivity index (χ4n) is 2.88. The van der Waals surface area contributed by atoms with Crippen molar-refractivity contribution in [1.82, 2.24) is 0 Å². The zero-order valence-corrected chi connectivity index (χ0v) is 10.7. The summed E-state index contributed by atoms with van der Waals surface area (Å²) in [6, 6.07) is 16.3. The van der Waals surface area contributed by atoms with Gasteiger partial charge in [-0.3, -0.25) is 10.2 Å². The average Bonchev–Trinajstić information content (AvgIpc) is 2.50. The summed E-state index contributed by atoms with van der Waals surface area (Å²) in [7, 11) is 0. The van der Waals surface area contributed by atoms with Crippen LogP contribution in [-0.4, -0.2) is 11.5 Å². The number of nitrogens with one attached hydrogen (secondary N) is 1. The fraction of sp³-hybridized carbons (Fsp3) is 0. The van der Waals surface area contributed by atoms with Crippen molar-refractivity contribution in [2.24, 2.45) is 0 Å². The molecular weight excluding hydrogens is 246 g/mol. The number of allylic oxidation sites excluding steroid dienone is 1. The number of hydrogen-bond donors (Lipinski definition) is 1. The van der Waals surface area contributed by atoms with Gasteiger partial charge in [-0.25, -0.2) is 0 Å². The summed E-state index contributed by atoms with van der Waals surface area (Å²) < 4.78 is 0. The minimum absolute atomic E-state index is 0.0811. The Bertz CT molecular complexity index is 935. The zero-order valence-electron chi connectivity index (χ0n) is 10.7. The molecule has 0 heterocycles. The highest BCUT2D eigenvalue weighted by Crippen LogP contribution is 2.31. The minimum atomic E-state index is -0.224. The van der Waals surface area contributed by atoms with Crippen LogP contribution in [0.4, 0.5) is 0 Å². The van der Waals surface area contributed by atoms with Gasteiger partial charge >= 0.3 is 0 Å². The first-order valence-corrected chi connectivity index (χ1v) is 6.51. The third-order valence-electron chi connectivity index (χ3n) is 3.88. The van der Waals surface area contributed by atoms with Crippen LogP contribution in [-0.2, 0) is 4.79 Å². The lowest BCUT2D eigenvalue weighted by molar-refractivity contribution is -0.108. The van der Waals surface area contributed by atoms with Gasteiger partial charge in [-0.2, -0.15) is 0 Å². The maximum absolute atomic E-state index is 11.6. The maximum atomic E-state index is 11.6. The van der Waals surface area contributed by atoms with E-state index in [0.29, 0.717) is 0 Å². The molecule has 0 atom stereocenters. The molecular formula is C18H11NO. The largest absolute Gasteiger partial charge is 0.296 e. The minimum Gasteiger partial charge on any atom is -0.296 e. The number of fused-ring (bicyclic) bond motifs is 5. The Hall–Kier alpha value is -2.74. The zero-order chi connectivity index (χ0) is 13.7. The van der Waals surface area contributed by atoms with E-state index in [1.54, 1.807) is 0 Å². The summed E-state index contributed by atoms with van der Waals surface area (Å²) in [6.45, 7) is 0. The predicted molar refractivity (Wildman–Crippen MR) is 82.3 cm³/mol. The molecule has 0 bridgehead atoms. The Morgan fingerprint density at radius 2 is 1.55 bits per heavy atom. The molecule has 0 fully saturated rings. The summed E-state index contributed by atoms with van der Waals surface area (Å²) in [5, 5.41) is 12.6. The quantitative estimate of drug-likeness (QED) is 0.608. The lowest BCUT2D eigenvalue weighted by Crippen LogP contribution is -2.16. The van der Waals surface area contributed by atoms with Crippen LogP contribution in [0.2, 0.25) is 0 Å². The molecule has 0 spiro atoms. The molecule has 3 aromatic rings. The first-order valence-electron chi connectivity index (χ1n) is 6.51. The Balaban J connectivity index is 2.18. The van der Waals surface area contributed by atoms with Crippen molar-refractivity contribution in [3.05, 3.63) is 65.7 Å². The maximum Gasteiger partial charge on any atom is 0.204 e. The van der Waals surface area contributed by atoms with Gasteiger partial charge < -0.3 is 0 Å². The Morgan fingerprint density at radius 3 is 2.45 bits per heavy atom. The summed E-state index contributed by atoms with van der Waals surface area (Å²) in [5.41, 5.74) is 1.77. The molecule has 0 radical (unpaired) electrons. The highest BCUT2D eigenvalue weighted by atomic mass is 16.1. The van der Waals surface area contributed by atoms with Crippen LogP contribution in [0.25, 0.3) is 27.6 Å². The fourth-order valence-corrected chi connectivity index (χ4v) is 2.88. The number of carbonyl (C=O) groups is 1. The van der Waals surface area contributed by atoms with Gasteiger partial charge in [0, 0.05) is 5.56 Å². The van der Waals surface area contributed by atoms with Gasteiger partial charge in [0.05, 0.1) is 0 Å². The van der Waals surface area contributed by atoms with Crippen molar-refractivity contribution in [3.8, 4) is 0 Å². The molecule has 4 rings (SSSR count). The van der Waals surface area contributed by atoms with Gasteiger partial charge in [-0.15, -0.1) is 0 Å². The van der Waals surface area contributed by atoms with Gasteiger partial charge in [0.2, 0.25) is 5.78 Å². The van der Waals surface area contributed by atoms with Crippen molar-refractivity contribution in [1.29, 1.82) is 5.41 Å². The molecule has 0 aromatic heterocycles. The molecule has 0 saturated heterocycles. The van der Waals surface area contributed by atoms with E-state index >= 15 is 0 Å². The Morgan fingerprint density at radius 1 is 0.750 bits per heavy atom. The lowest BCUT2D eigenvalue weighted by Gasteiger charge is -2.14. The topological polar surface area (TPSA) is 40.9 Å². The third kappa shape index (κ3) is 1.39. The average molecular weight is 257 g/mol. The van der Waals surface area contributed by atoms with E-state index in [1.807, 2.05) is 30.3 Å². The predicted octanol–water partition coefficient (Wildman–Crippen LogP) is 3.96. The van der Waals surface area contributed by atoms with E-state index < -0.39 is 0 Å². The van der Waals surface area contributed by atoms with Crippen molar-refractivity contribution >= 4 is 39.1 Å². The molecule has 0 unspecified atom stereocenters. The van der Waals surface area contributed by atoms with Gasteiger partial charge in [0.15, 0.2) is 0 Å². The number of benzene rings is 3. The van der Waals surface area contributed by atoms with E-state index in [9.17, 15) is 4.79 Å². The molecule has 0 aliphatic heterocycles. The number of rotatable bonds is 0. The molecule has 1 N–H and O–H groups in total. The van der Waals surface area contributed by atoms with Gasteiger partial charge in [-0.1, -0.05) is 48.5 Å². The van der Waals surface area contributed by atoms with Crippen LogP contribution in [0.5, 0.6) is 0 Å². The number of ketones is 1. The van der Waals surface area contributed by atoms with Gasteiger partial charge in [-0.05, 0) is 39.3 Å². The first-order chi connectivity index (χ1) is 9.75. The highest BCUT2D eigenvalue weighted by molar-refractivity contribution is 6.51. The molecule has 0 saturated carbocycles. The van der Waals surface area contributed by atoms with Crippen molar-refractivity contribution in [2.45, 2.75) is 0 Å². The molecule has 20 heavy (non-hydrogen) atoms. The van der Waals surface area contributed by atoms with Crippen molar-refractivity contribution in [3.63, 3.8) is 0 Å². The molecule has 0 amide bonds. The molecule has 2 heteroatoms. The van der Waals surface area contributed by atoms with Crippen LogP contribution in [0.3, 0.4) is 0 Å². The number of hydrogen-bond acceptors (Lipinski definition) is 2. The van der Waals surface area contributed by atoms with Gasteiger partial charge in [0.25, 0.3) is 0 Å². The summed E-state index contributed by atoms with van der Waals surface area (Å²) in [6.07, 6.45) is 3.31. The van der Waals surface area contributed by atoms with Crippen molar-refractivity contribution in [2.75, 3.05) is 0 Å². The Labute approximate surface area is 115 Å².